The summed E-state index contributed by atoms with van der Waals surface area (Å²) in [6, 6.07) is 7.87. The van der Waals surface area contributed by atoms with E-state index in [1.54, 1.807) is 0 Å². The number of fused-ring (bicyclic) bond motifs is 2. The molecule has 0 N–H and O–H groups in total. The standard InChI is InChI=1S/C15H10INO/c1-9(16)14-10-5-2-3-6-11(10)17-12-7-4-8-13(18)15(12)14/h2-7H,1,8H2. The van der Waals surface area contributed by atoms with Crippen LogP contribution in [0.5, 0.6) is 0 Å². The Bertz CT molecular complexity index is 716. The Labute approximate surface area is 119 Å². The minimum absolute atomic E-state index is 0.124. The average Bonchev–Trinajstić information content (AvgIpc) is 2.36. The van der Waals surface area contributed by atoms with Crippen molar-refractivity contribution >= 4 is 48.9 Å². The third kappa shape index (κ3) is 1.70. The predicted molar refractivity (Wildman–Crippen MR) is 82.8 cm³/mol. The van der Waals surface area contributed by atoms with Gasteiger partial charge in [-0.1, -0.05) is 30.9 Å². The zero-order valence-electron chi connectivity index (χ0n) is 9.61. The molecule has 0 bridgehead atoms. The second kappa shape index (κ2) is 4.31. The molecule has 0 saturated heterocycles. The molecule has 1 aromatic carbocycles. The zero-order chi connectivity index (χ0) is 12.7. The first kappa shape index (κ1) is 11.6. The Morgan fingerprint density at radius 2 is 2.11 bits per heavy atom. The number of carbonyl (C=O) groups is 1. The van der Waals surface area contributed by atoms with E-state index < -0.39 is 0 Å². The van der Waals surface area contributed by atoms with Crippen LogP contribution in [0.2, 0.25) is 0 Å². The van der Waals surface area contributed by atoms with Gasteiger partial charge in [0.25, 0.3) is 0 Å². The molecule has 0 atom stereocenters. The molecule has 1 aliphatic rings. The van der Waals surface area contributed by atoms with Gasteiger partial charge in [0.05, 0.1) is 16.8 Å². The van der Waals surface area contributed by atoms with Crippen LogP contribution in [0.15, 0.2) is 36.9 Å². The summed E-state index contributed by atoms with van der Waals surface area (Å²) < 4.78 is 0.881. The molecule has 2 nitrogen and oxygen atoms in total. The van der Waals surface area contributed by atoms with Crippen LogP contribution in [-0.2, 0) is 0 Å². The number of benzene rings is 1. The fraction of sp³-hybridized carbons (Fsp3) is 0.0667. The molecule has 3 rings (SSSR count). The molecule has 3 heteroatoms. The van der Waals surface area contributed by atoms with Crippen molar-refractivity contribution in [3.63, 3.8) is 0 Å². The van der Waals surface area contributed by atoms with E-state index in [4.69, 9.17) is 0 Å². The molecule has 0 amide bonds. The van der Waals surface area contributed by atoms with Crippen LogP contribution in [0.4, 0.5) is 0 Å². The molecule has 0 spiro atoms. The largest absolute Gasteiger partial charge is 0.294 e. The van der Waals surface area contributed by atoms with Gasteiger partial charge in [-0.25, -0.2) is 4.98 Å². The second-order valence-corrected chi connectivity index (χ2v) is 5.50. The summed E-state index contributed by atoms with van der Waals surface area (Å²) in [5.74, 6) is 0.124. The maximum atomic E-state index is 12.1. The number of nitrogens with zero attached hydrogens (tertiary/aromatic N) is 1. The van der Waals surface area contributed by atoms with Gasteiger partial charge in [0.1, 0.15) is 0 Å². The zero-order valence-corrected chi connectivity index (χ0v) is 11.8. The summed E-state index contributed by atoms with van der Waals surface area (Å²) in [6.07, 6.45) is 4.24. The summed E-state index contributed by atoms with van der Waals surface area (Å²) in [6.45, 7) is 4.00. The van der Waals surface area contributed by atoms with Crippen molar-refractivity contribution in [3.05, 3.63) is 53.7 Å². The number of aromatic nitrogens is 1. The van der Waals surface area contributed by atoms with Crippen LogP contribution < -0.4 is 0 Å². The molecule has 0 unspecified atom stereocenters. The Morgan fingerprint density at radius 3 is 2.89 bits per heavy atom. The molecule has 0 saturated carbocycles. The molecular formula is C15H10INO. The highest BCUT2D eigenvalue weighted by Crippen LogP contribution is 2.34. The predicted octanol–water partition coefficient (Wildman–Crippen LogP) is 4.24. The van der Waals surface area contributed by atoms with Gasteiger partial charge in [0.15, 0.2) is 5.78 Å². The first-order chi connectivity index (χ1) is 8.68. The number of halogens is 1. The summed E-state index contributed by atoms with van der Waals surface area (Å²) in [5, 5.41) is 0.999. The number of pyridine rings is 1. The lowest BCUT2D eigenvalue weighted by Gasteiger charge is -2.16. The molecule has 2 aromatic rings. The Morgan fingerprint density at radius 1 is 1.33 bits per heavy atom. The molecule has 1 aliphatic carbocycles. The normalized spacial score (nSPS) is 13.7. The van der Waals surface area contributed by atoms with E-state index in [2.05, 4.69) is 34.2 Å². The molecule has 0 fully saturated rings. The van der Waals surface area contributed by atoms with Crippen LogP contribution in [0.3, 0.4) is 0 Å². The average molecular weight is 347 g/mol. The highest BCUT2D eigenvalue weighted by Gasteiger charge is 2.22. The van der Waals surface area contributed by atoms with E-state index in [0.717, 1.165) is 31.3 Å². The molecule has 1 heterocycles. The molecular weight excluding hydrogens is 337 g/mol. The lowest BCUT2D eigenvalue weighted by Crippen LogP contribution is -2.10. The third-order valence-corrected chi connectivity index (χ3v) is 3.59. The SMILES string of the molecule is C=C(I)c1c2c(nc3ccccc13)C=CCC2=O. The molecule has 88 valence electrons. The third-order valence-electron chi connectivity index (χ3n) is 3.05. The Hall–Kier alpha value is -1.49. The van der Waals surface area contributed by atoms with Gasteiger partial charge in [0.2, 0.25) is 0 Å². The number of ketones is 1. The van der Waals surface area contributed by atoms with Gasteiger partial charge in [-0.2, -0.15) is 0 Å². The summed E-state index contributed by atoms with van der Waals surface area (Å²) in [5.41, 5.74) is 3.32. The quantitative estimate of drug-likeness (QED) is 0.723. The van der Waals surface area contributed by atoms with E-state index in [1.165, 1.54) is 0 Å². The number of hydrogen-bond donors (Lipinski definition) is 0. The number of rotatable bonds is 1. The topological polar surface area (TPSA) is 30.0 Å². The molecule has 0 aliphatic heterocycles. The fourth-order valence-corrected chi connectivity index (χ4v) is 2.86. The Kier molecular flexibility index (Phi) is 2.78. The van der Waals surface area contributed by atoms with Crippen LogP contribution in [0, 0.1) is 0 Å². The van der Waals surface area contributed by atoms with E-state index in [1.807, 2.05) is 36.4 Å². The van der Waals surface area contributed by atoms with Crippen molar-refractivity contribution in [2.24, 2.45) is 0 Å². The van der Waals surface area contributed by atoms with Crippen LogP contribution in [-0.4, -0.2) is 10.8 Å². The lowest BCUT2D eigenvalue weighted by atomic mass is 9.92. The molecule has 18 heavy (non-hydrogen) atoms. The van der Waals surface area contributed by atoms with Crippen LogP contribution >= 0.6 is 22.6 Å². The summed E-state index contributed by atoms with van der Waals surface area (Å²) in [4.78, 5) is 16.7. The lowest BCUT2D eigenvalue weighted by molar-refractivity contribution is 0.0994. The monoisotopic (exact) mass is 347 g/mol. The van der Waals surface area contributed by atoms with Gasteiger partial charge in [-0.05, 0) is 34.7 Å². The number of Topliss-reactive ketones (excluding diaryl/α,β-unsaturated/α-hetero) is 1. The molecule has 1 aromatic heterocycles. The van der Waals surface area contributed by atoms with Gasteiger partial charge < -0.3 is 0 Å². The molecule has 0 radical (unpaired) electrons. The van der Waals surface area contributed by atoms with Crippen molar-refractivity contribution < 1.29 is 4.79 Å². The summed E-state index contributed by atoms with van der Waals surface area (Å²) >= 11 is 2.17. The second-order valence-electron chi connectivity index (χ2n) is 4.20. The minimum atomic E-state index is 0.124. The van der Waals surface area contributed by atoms with E-state index in [-0.39, 0.29) is 5.78 Å². The number of allylic oxidation sites excluding steroid dienone is 1. The fourth-order valence-electron chi connectivity index (χ4n) is 2.30. The van der Waals surface area contributed by atoms with Crippen molar-refractivity contribution in [2.45, 2.75) is 6.42 Å². The number of hydrogen-bond acceptors (Lipinski definition) is 2. The van der Waals surface area contributed by atoms with Crippen molar-refractivity contribution in [2.75, 3.05) is 0 Å². The minimum Gasteiger partial charge on any atom is -0.294 e. The Balaban J connectivity index is 2.51. The van der Waals surface area contributed by atoms with Gasteiger partial charge in [0, 0.05) is 21.0 Å². The van der Waals surface area contributed by atoms with Crippen molar-refractivity contribution in [1.82, 2.24) is 4.98 Å². The van der Waals surface area contributed by atoms with E-state index in [0.29, 0.717) is 6.42 Å². The summed E-state index contributed by atoms with van der Waals surface area (Å²) in [7, 11) is 0. The van der Waals surface area contributed by atoms with E-state index >= 15 is 0 Å². The first-order valence-electron chi connectivity index (χ1n) is 5.66. The van der Waals surface area contributed by atoms with Crippen LogP contribution in [0.25, 0.3) is 20.6 Å². The number of para-hydroxylation sites is 1. The highest BCUT2D eigenvalue weighted by molar-refractivity contribution is 14.1. The van der Waals surface area contributed by atoms with Crippen molar-refractivity contribution in [3.8, 4) is 0 Å². The van der Waals surface area contributed by atoms with Gasteiger partial charge in [-0.15, -0.1) is 0 Å². The smallest absolute Gasteiger partial charge is 0.169 e. The van der Waals surface area contributed by atoms with Gasteiger partial charge in [-0.3, -0.25) is 4.79 Å². The van der Waals surface area contributed by atoms with Crippen LogP contribution in [0.1, 0.15) is 28.0 Å². The maximum absolute atomic E-state index is 12.1. The number of carbonyl (C=O) groups excluding carboxylic acids is 1. The maximum Gasteiger partial charge on any atom is 0.169 e. The van der Waals surface area contributed by atoms with Gasteiger partial charge >= 0.3 is 0 Å². The highest BCUT2D eigenvalue weighted by atomic mass is 127. The van der Waals surface area contributed by atoms with E-state index in [9.17, 15) is 4.79 Å². The van der Waals surface area contributed by atoms with Crippen molar-refractivity contribution in [1.29, 1.82) is 0 Å². The first-order valence-corrected chi connectivity index (χ1v) is 6.73.